The van der Waals surface area contributed by atoms with Crippen LogP contribution in [0.3, 0.4) is 0 Å². The van der Waals surface area contributed by atoms with Crippen LogP contribution in [0.5, 0.6) is 0 Å². The third-order valence-electron chi connectivity index (χ3n) is 3.15. The summed E-state index contributed by atoms with van der Waals surface area (Å²) in [4.78, 5) is 0. The van der Waals surface area contributed by atoms with Gasteiger partial charge in [0.2, 0.25) is 11.2 Å². The van der Waals surface area contributed by atoms with Gasteiger partial charge in [0.15, 0.2) is 0 Å². The first kappa shape index (κ1) is 16.0. The van der Waals surface area contributed by atoms with Crippen LogP contribution in [0.2, 0.25) is 0 Å². The van der Waals surface area contributed by atoms with E-state index in [4.69, 9.17) is 0 Å². The lowest BCUT2D eigenvalue weighted by Crippen LogP contribution is -2.31. The molecule has 114 valence electrons. The van der Waals surface area contributed by atoms with E-state index in [2.05, 4.69) is 72.3 Å². The van der Waals surface area contributed by atoms with Crippen LogP contribution in [0.25, 0.3) is 22.2 Å². The number of hydrogen-bond acceptors (Lipinski definition) is 0. The second-order valence-electron chi connectivity index (χ2n) is 4.70. The van der Waals surface area contributed by atoms with Gasteiger partial charge in [-0.3, -0.25) is 0 Å². The summed E-state index contributed by atoms with van der Waals surface area (Å²) in [6, 6.07) is 23.3. The average molecular weight is 307 g/mol. The van der Waals surface area contributed by atoms with E-state index in [1.165, 1.54) is 22.2 Å². The largest absolute Gasteiger partial charge is 0.673 e. The third kappa shape index (κ3) is 4.31. The summed E-state index contributed by atoms with van der Waals surface area (Å²) in [5.41, 5.74) is 3.75. The summed E-state index contributed by atoms with van der Waals surface area (Å²) in [7, 11) is -3.88. The minimum Gasteiger partial charge on any atom is -0.418 e. The predicted molar refractivity (Wildman–Crippen MR) is 80.7 cm³/mol. The molecule has 1 heterocycles. The summed E-state index contributed by atoms with van der Waals surface area (Å²) in [5, 5.41) is 1.27. The van der Waals surface area contributed by atoms with E-state index in [0.717, 1.165) is 0 Å². The number of hydrogen-bond donors (Lipinski definition) is 0. The number of rotatable bonds is 1. The molecule has 1 nitrogen and oxygen atoms in total. The molecule has 2 aromatic carbocycles. The number of para-hydroxylation sites is 1. The average Bonchev–Trinajstić information content (AvgIpc) is 2.47. The van der Waals surface area contributed by atoms with Crippen LogP contribution in [-0.2, 0) is 7.05 Å². The molecule has 0 bridgehead atoms. The highest BCUT2D eigenvalue weighted by molar-refractivity contribution is 6.50. The lowest BCUT2D eigenvalue weighted by molar-refractivity contribution is -0.633. The van der Waals surface area contributed by atoms with Crippen molar-refractivity contribution in [2.75, 3.05) is 0 Å². The van der Waals surface area contributed by atoms with Gasteiger partial charge in [-0.15, -0.1) is 0 Å². The lowest BCUT2D eigenvalue weighted by atomic mass is 10.1. The van der Waals surface area contributed by atoms with Crippen molar-refractivity contribution in [2.24, 2.45) is 7.05 Å². The van der Waals surface area contributed by atoms with Crippen LogP contribution in [0, 0.1) is 0 Å². The van der Waals surface area contributed by atoms with Crippen LogP contribution in [0.1, 0.15) is 0 Å². The summed E-state index contributed by atoms with van der Waals surface area (Å²) < 4.78 is 41.2. The molecule has 0 amide bonds. The molecule has 0 atom stereocenters. The van der Waals surface area contributed by atoms with Gasteiger partial charge >= 0.3 is 7.25 Å². The molecule has 0 unspecified atom stereocenters. The highest BCUT2D eigenvalue weighted by Crippen LogP contribution is 2.18. The smallest absolute Gasteiger partial charge is 0.418 e. The molecule has 0 fully saturated rings. The van der Waals surface area contributed by atoms with E-state index < -0.39 is 7.25 Å². The molecule has 0 saturated carbocycles. The number of pyridine rings is 1. The summed E-state index contributed by atoms with van der Waals surface area (Å²) in [6.45, 7) is 0. The van der Waals surface area contributed by atoms with Crippen LogP contribution >= 0.6 is 0 Å². The van der Waals surface area contributed by atoms with Gasteiger partial charge in [-0.1, -0.05) is 30.3 Å². The van der Waals surface area contributed by atoms with Gasteiger partial charge < -0.3 is 17.3 Å². The van der Waals surface area contributed by atoms with Crippen LogP contribution in [-0.4, -0.2) is 7.25 Å². The predicted octanol–water partition coefficient (Wildman–Crippen LogP) is 4.63. The third-order valence-corrected chi connectivity index (χ3v) is 3.15. The molecule has 6 heteroatoms. The fourth-order valence-corrected chi connectivity index (χ4v) is 2.24. The second-order valence-corrected chi connectivity index (χ2v) is 4.70. The molecule has 0 spiro atoms. The molecule has 0 aliphatic carbocycles. The summed E-state index contributed by atoms with van der Waals surface area (Å²) in [6.07, 6.45) is 0. The number of nitrogens with zero attached hydrogens (tertiary/aromatic N) is 1. The molecule has 3 rings (SSSR count). The maximum atomic E-state index is 9.75. The minimum absolute atomic E-state index is 1.24. The van der Waals surface area contributed by atoms with Gasteiger partial charge in [0.25, 0.3) is 0 Å². The van der Waals surface area contributed by atoms with E-state index in [1.807, 2.05) is 6.07 Å². The van der Waals surface area contributed by atoms with Gasteiger partial charge in [0.05, 0.1) is 0 Å². The van der Waals surface area contributed by atoms with Gasteiger partial charge in [0, 0.05) is 23.1 Å². The zero-order chi connectivity index (χ0) is 16.2. The molecular weight excluding hydrogens is 293 g/mol. The maximum Gasteiger partial charge on any atom is 0.673 e. The van der Waals surface area contributed by atoms with Crippen molar-refractivity contribution in [3.05, 3.63) is 66.7 Å². The van der Waals surface area contributed by atoms with Gasteiger partial charge in [0.1, 0.15) is 7.05 Å². The fourth-order valence-electron chi connectivity index (χ4n) is 2.24. The Labute approximate surface area is 125 Å². The van der Waals surface area contributed by atoms with Gasteiger partial charge in [-0.2, -0.15) is 4.57 Å². The van der Waals surface area contributed by atoms with E-state index in [-0.39, 0.29) is 0 Å². The first-order chi connectivity index (χ1) is 10.4. The molecule has 0 N–H and O–H groups in total. The Kier molecular flexibility index (Phi) is 4.80. The Morgan fingerprint density at radius 2 is 1.27 bits per heavy atom. The van der Waals surface area contributed by atoms with E-state index in [1.54, 1.807) is 0 Å². The topological polar surface area (TPSA) is 3.88 Å². The number of aryl methyl sites for hydroxylation is 1. The highest BCUT2D eigenvalue weighted by atomic mass is 19.5. The zero-order valence-corrected chi connectivity index (χ0v) is 11.9. The van der Waals surface area contributed by atoms with Crippen molar-refractivity contribution in [3.63, 3.8) is 0 Å². The molecule has 1 aromatic heterocycles. The van der Waals surface area contributed by atoms with Crippen molar-refractivity contribution < 1.29 is 21.8 Å². The summed E-state index contributed by atoms with van der Waals surface area (Å²) in [5.74, 6) is 0. The minimum atomic E-state index is -6.00. The van der Waals surface area contributed by atoms with Crippen molar-refractivity contribution in [1.29, 1.82) is 0 Å². The normalized spacial score (nSPS) is 11.0. The van der Waals surface area contributed by atoms with E-state index in [9.17, 15) is 17.3 Å². The van der Waals surface area contributed by atoms with Crippen molar-refractivity contribution in [3.8, 4) is 11.3 Å². The van der Waals surface area contributed by atoms with E-state index in [0.29, 0.717) is 0 Å². The Hall–Kier alpha value is -2.37. The molecule has 0 aliphatic rings. The van der Waals surface area contributed by atoms with Crippen molar-refractivity contribution in [2.45, 2.75) is 0 Å². The van der Waals surface area contributed by atoms with Crippen molar-refractivity contribution >= 4 is 18.2 Å². The highest BCUT2D eigenvalue weighted by Gasteiger charge is 2.20. The summed E-state index contributed by atoms with van der Waals surface area (Å²) >= 11 is 0. The first-order valence-corrected chi connectivity index (χ1v) is 6.67. The SMILES string of the molecule is C[n+]1c(-c2ccccc2)ccc2ccccc21.F[B-](F)(F)F. The number of halogens is 4. The Morgan fingerprint density at radius 3 is 1.91 bits per heavy atom. The second kappa shape index (κ2) is 6.60. The molecule has 0 saturated heterocycles. The standard InChI is InChI=1S/C16H14N.BF4/c1-17-15-10-6-5-9-14(15)11-12-16(17)13-7-3-2-4-8-13;2-1(3,4)5/h2-12H,1H3;/q+1;-1. The maximum absolute atomic E-state index is 9.75. The van der Waals surface area contributed by atoms with Crippen LogP contribution in [0.4, 0.5) is 17.3 Å². The number of aromatic nitrogens is 1. The lowest BCUT2D eigenvalue weighted by Gasteiger charge is -2.03. The molecule has 0 radical (unpaired) electrons. The van der Waals surface area contributed by atoms with Gasteiger partial charge in [-0.05, 0) is 24.3 Å². The Balaban J connectivity index is 0.000000309. The van der Waals surface area contributed by atoms with Crippen LogP contribution < -0.4 is 4.57 Å². The van der Waals surface area contributed by atoms with Crippen molar-refractivity contribution in [1.82, 2.24) is 0 Å². The number of benzene rings is 2. The Morgan fingerprint density at radius 1 is 0.727 bits per heavy atom. The monoisotopic (exact) mass is 307 g/mol. The molecule has 22 heavy (non-hydrogen) atoms. The molecule has 3 aromatic rings. The molecule has 0 aliphatic heterocycles. The zero-order valence-electron chi connectivity index (χ0n) is 11.9. The van der Waals surface area contributed by atoms with E-state index >= 15 is 0 Å². The fraction of sp³-hybridized carbons (Fsp3) is 0.0625. The Bertz CT molecular complexity index is 751. The quantitative estimate of drug-likeness (QED) is 0.350. The first-order valence-electron chi connectivity index (χ1n) is 6.67. The van der Waals surface area contributed by atoms with Crippen LogP contribution in [0.15, 0.2) is 66.7 Å². The number of fused-ring (bicyclic) bond motifs is 1. The van der Waals surface area contributed by atoms with Gasteiger partial charge in [-0.25, -0.2) is 0 Å². The molecular formula is C16H14BF4N.